The first-order valence-corrected chi connectivity index (χ1v) is 5.17. The van der Waals surface area contributed by atoms with Crippen molar-refractivity contribution in [1.82, 2.24) is 10.3 Å². The van der Waals surface area contributed by atoms with E-state index in [1.165, 1.54) is 22.9 Å². The molecule has 0 unspecified atom stereocenters. The molecule has 0 fully saturated rings. The molecule has 0 atom stereocenters. The highest BCUT2D eigenvalue weighted by Gasteiger charge is 1.96. The molecule has 0 amide bonds. The van der Waals surface area contributed by atoms with Gasteiger partial charge in [0.1, 0.15) is 0 Å². The summed E-state index contributed by atoms with van der Waals surface area (Å²) in [5.74, 6) is 0. The smallest absolute Gasteiger partial charge is 0.0454 e. The summed E-state index contributed by atoms with van der Waals surface area (Å²) in [5, 5.41) is 4.69. The molecule has 1 aromatic carbocycles. The van der Waals surface area contributed by atoms with Gasteiger partial charge in [0.05, 0.1) is 0 Å². The van der Waals surface area contributed by atoms with E-state index in [2.05, 4.69) is 41.5 Å². The molecule has 0 bridgehead atoms. The summed E-state index contributed by atoms with van der Waals surface area (Å²) in [4.78, 5) is 3.19. The fraction of sp³-hybridized carbons (Fsp3) is 0.333. The van der Waals surface area contributed by atoms with Gasteiger partial charge in [0, 0.05) is 18.3 Å². The van der Waals surface area contributed by atoms with Crippen molar-refractivity contribution in [2.24, 2.45) is 0 Å². The zero-order valence-corrected chi connectivity index (χ0v) is 9.73. The second-order valence-corrected chi connectivity index (χ2v) is 3.58. The maximum Gasteiger partial charge on any atom is 0.0454 e. The van der Waals surface area contributed by atoms with E-state index in [0.717, 1.165) is 13.1 Å². The van der Waals surface area contributed by atoms with Crippen molar-refractivity contribution in [2.45, 2.75) is 19.9 Å². The minimum absolute atomic E-state index is 0. The average Bonchev–Trinajstić information content (AvgIpc) is 2.65. The number of halogens is 1. The average molecular weight is 225 g/mol. The third-order valence-corrected chi connectivity index (χ3v) is 2.37. The van der Waals surface area contributed by atoms with Crippen molar-refractivity contribution < 1.29 is 0 Å². The first-order valence-electron chi connectivity index (χ1n) is 5.17. The van der Waals surface area contributed by atoms with Crippen molar-refractivity contribution in [2.75, 3.05) is 6.54 Å². The SMILES string of the molecule is CCCNCc1ccc2[nH]ccc2c1.Cl. The topological polar surface area (TPSA) is 27.8 Å². The highest BCUT2D eigenvalue weighted by molar-refractivity contribution is 5.85. The predicted molar refractivity (Wildman–Crippen MR) is 67.5 cm³/mol. The van der Waals surface area contributed by atoms with Crippen LogP contribution in [0.3, 0.4) is 0 Å². The lowest BCUT2D eigenvalue weighted by Crippen LogP contribution is -2.13. The first-order chi connectivity index (χ1) is 6.90. The fourth-order valence-electron chi connectivity index (χ4n) is 1.62. The van der Waals surface area contributed by atoms with Gasteiger partial charge in [-0.05, 0) is 42.1 Å². The number of H-pyrrole nitrogens is 1. The molecule has 0 radical (unpaired) electrons. The lowest BCUT2D eigenvalue weighted by atomic mass is 10.1. The number of benzene rings is 1. The molecule has 15 heavy (non-hydrogen) atoms. The van der Waals surface area contributed by atoms with Gasteiger partial charge in [0.15, 0.2) is 0 Å². The Morgan fingerprint density at radius 1 is 1.27 bits per heavy atom. The minimum Gasteiger partial charge on any atom is -0.361 e. The van der Waals surface area contributed by atoms with Crippen molar-refractivity contribution in [3.8, 4) is 0 Å². The molecular weight excluding hydrogens is 208 g/mol. The van der Waals surface area contributed by atoms with Crippen LogP contribution in [0.2, 0.25) is 0 Å². The standard InChI is InChI=1S/C12H16N2.ClH/c1-2-6-13-9-10-3-4-12-11(8-10)5-7-14-12;/h3-5,7-8,13-14H,2,6,9H2,1H3;1H. The summed E-state index contributed by atoms with van der Waals surface area (Å²) >= 11 is 0. The Hall–Kier alpha value is -0.990. The van der Waals surface area contributed by atoms with Crippen molar-refractivity contribution >= 4 is 23.3 Å². The highest BCUT2D eigenvalue weighted by atomic mass is 35.5. The van der Waals surface area contributed by atoms with Gasteiger partial charge in [0.25, 0.3) is 0 Å². The molecule has 2 rings (SSSR count). The van der Waals surface area contributed by atoms with Gasteiger partial charge < -0.3 is 10.3 Å². The number of rotatable bonds is 4. The summed E-state index contributed by atoms with van der Waals surface area (Å²) in [5.41, 5.74) is 2.56. The van der Waals surface area contributed by atoms with Crippen LogP contribution >= 0.6 is 12.4 Å². The molecule has 1 aromatic heterocycles. The Balaban J connectivity index is 0.00000112. The fourth-order valence-corrected chi connectivity index (χ4v) is 1.62. The molecule has 1 heterocycles. The van der Waals surface area contributed by atoms with E-state index >= 15 is 0 Å². The van der Waals surface area contributed by atoms with E-state index < -0.39 is 0 Å². The lowest BCUT2D eigenvalue weighted by molar-refractivity contribution is 0.676. The summed E-state index contributed by atoms with van der Waals surface area (Å²) < 4.78 is 0. The van der Waals surface area contributed by atoms with Crippen LogP contribution in [0, 0.1) is 0 Å². The molecule has 2 N–H and O–H groups in total. The predicted octanol–water partition coefficient (Wildman–Crippen LogP) is 3.09. The summed E-state index contributed by atoms with van der Waals surface area (Å²) in [6.07, 6.45) is 3.17. The molecule has 2 nitrogen and oxygen atoms in total. The van der Waals surface area contributed by atoms with Gasteiger partial charge in [-0.15, -0.1) is 12.4 Å². The third kappa shape index (κ3) is 2.98. The quantitative estimate of drug-likeness (QED) is 0.768. The first kappa shape index (κ1) is 12.1. The van der Waals surface area contributed by atoms with Crippen molar-refractivity contribution in [3.63, 3.8) is 0 Å². The summed E-state index contributed by atoms with van der Waals surface area (Å²) in [7, 11) is 0. The van der Waals surface area contributed by atoms with E-state index in [1.807, 2.05) is 6.20 Å². The molecule has 3 heteroatoms. The number of hydrogen-bond acceptors (Lipinski definition) is 1. The van der Waals surface area contributed by atoms with Gasteiger partial charge in [-0.3, -0.25) is 0 Å². The third-order valence-electron chi connectivity index (χ3n) is 2.37. The molecule has 0 saturated heterocycles. The van der Waals surface area contributed by atoms with Crippen LogP contribution in [0.15, 0.2) is 30.5 Å². The second kappa shape index (κ2) is 5.79. The molecule has 0 saturated carbocycles. The maximum atomic E-state index is 3.40. The normalized spacial score (nSPS) is 10.2. The van der Waals surface area contributed by atoms with E-state index in [-0.39, 0.29) is 12.4 Å². The van der Waals surface area contributed by atoms with Crippen LogP contribution in [0.4, 0.5) is 0 Å². The number of fused-ring (bicyclic) bond motifs is 1. The van der Waals surface area contributed by atoms with Crippen LogP contribution in [0.25, 0.3) is 10.9 Å². The number of aromatic amines is 1. The molecule has 82 valence electrons. The van der Waals surface area contributed by atoms with Gasteiger partial charge in [0.2, 0.25) is 0 Å². The van der Waals surface area contributed by atoms with Crippen LogP contribution in [0.5, 0.6) is 0 Å². The Morgan fingerprint density at radius 3 is 2.93 bits per heavy atom. The summed E-state index contributed by atoms with van der Waals surface area (Å²) in [6, 6.07) is 8.65. The van der Waals surface area contributed by atoms with Gasteiger partial charge in [-0.25, -0.2) is 0 Å². The monoisotopic (exact) mass is 224 g/mol. The van der Waals surface area contributed by atoms with E-state index in [0.29, 0.717) is 0 Å². The van der Waals surface area contributed by atoms with Crippen LogP contribution in [-0.4, -0.2) is 11.5 Å². The van der Waals surface area contributed by atoms with Gasteiger partial charge in [-0.1, -0.05) is 13.0 Å². The van der Waals surface area contributed by atoms with E-state index in [4.69, 9.17) is 0 Å². The molecule has 0 aliphatic rings. The molecule has 0 spiro atoms. The zero-order valence-electron chi connectivity index (χ0n) is 8.92. The van der Waals surface area contributed by atoms with Crippen LogP contribution in [0.1, 0.15) is 18.9 Å². The number of hydrogen-bond donors (Lipinski definition) is 2. The highest BCUT2D eigenvalue weighted by Crippen LogP contribution is 2.13. The Kier molecular flexibility index (Phi) is 4.66. The van der Waals surface area contributed by atoms with Gasteiger partial charge >= 0.3 is 0 Å². The zero-order chi connectivity index (χ0) is 9.80. The number of nitrogens with one attached hydrogen (secondary N) is 2. The Morgan fingerprint density at radius 2 is 2.13 bits per heavy atom. The molecule has 0 aliphatic heterocycles. The Bertz CT molecular complexity index is 409. The summed E-state index contributed by atoms with van der Waals surface area (Å²) in [6.45, 7) is 4.24. The van der Waals surface area contributed by atoms with Crippen LogP contribution in [-0.2, 0) is 6.54 Å². The lowest BCUT2D eigenvalue weighted by Gasteiger charge is -2.02. The Labute approximate surface area is 96.5 Å². The van der Waals surface area contributed by atoms with E-state index in [1.54, 1.807) is 0 Å². The van der Waals surface area contributed by atoms with Gasteiger partial charge in [-0.2, -0.15) is 0 Å². The molecule has 2 aromatic rings. The van der Waals surface area contributed by atoms with Crippen LogP contribution < -0.4 is 5.32 Å². The maximum absolute atomic E-state index is 3.40. The molecular formula is C12H17ClN2. The second-order valence-electron chi connectivity index (χ2n) is 3.58. The molecule has 0 aliphatic carbocycles. The largest absolute Gasteiger partial charge is 0.361 e. The minimum atomic E-state index is 0. The van der Waals surface area contributed by atoms with Crippen molar-refractivity contribution in [1.29, 1.82) is 0 Å². The van der Waals surface area contributed by atoms with Crippen molar-refractivity contribution in [3.05, 3.63) is 36.0 Å². The van der Waals surface area contributed by atoms with E-state index in [9.17, 15) is 0 Å². The number of aromatic nitrogens is 1.